The van der Waals surface area contributed by atoms with E-state index in [1.54, 1.807) is 11.8 Å². The Kier molecular flexibility index (Phi) is 3.65. The molecule has 0 bridgehead atoms. The highest BCUT2D eigenvalue weighted by Gasteiger charge is 2.57. The summed E-state index contributed by atoms with van der Waals surface area (Å²) >= 11 is 1.65. The van der Waals surface area contributed by atoms with Crippen LogP contribution in [0.4, 0.5) is 0 Å². The molecule has 128 valence electrons. The number of imidazole rings is 1. The van der Waals surface area contributed by atoms with E-state index in [-0.39, 0.29) is 11.8 Å². The molecule has 2 N–H and O–H groups in total. The Morgan fingerprint density at radius 2 is 2.12 bits per heavy atom. The van der Waals surface area contributed by atoms with E-state index in [4.69, 9.17) is 4.98 Å². The topological polar surface area (TPSA) is 58.4 Å². The van der Waals surface area contributed by atoms with Crippen molar-refractivity contribution in [3.05, 3.63) is 29.7 Å². The molecule has 1 amide bonds. The van der Waals surface area contributed by atoms with Gasteiger partial charge in [0.25, 0.3) is 0 Å². The zero-order valence-electron chi connectivity index (χ0n) is 14.6. The Hall–Kier alpha value is -1.53. The van der Waals surface area contributed by atoms with Gasteiger partial charge in [0.05, 0.1) is 11.1 Å². The van der Waals surface area contributed by atoms with E-state index in [0.29, 0.717) is 11.8 Å². The highest BCUT2D eigenvalue weighted by atomic mass is 32.2. The summed E-state index contributed by atoms with van der Waals surface area (Å²) in [7, 11) is 0. The Morgan fingerprint density at radius 3 is 2.79 bits per heavy atom. The molecule has 2 aromatic rings. The number of nitrogens with one attached hydrogen (secondary N) is 2. The molecule has 6 heteroatoms. The summed E-state index contributed by atoms with van der Waals surface area (Å²) in [6, 6.07) is 4.14. The minimum absolute atomic E-state index is 0.173. The smallest absolute Gasteiger partial charge is 0.224 e. The van der Waals surface area contributed by atoms with Crippen LogP contribution in [0.15, 0.2) is 23.4 Å². The van der Waals surface area contributed by atoms with Crippen LogP contribution in [-0.4, -0.2) is 34.6 Å². The van der Waals surface area contributed by atoms with Gasteiger partial charge >= 0.3 is 0 Å². The van der Waals surface area contributed by atoms with Crippen molar-refractivity contribution in [1.29, 1.82) is 0 Å². The molecule has 4 rings (SSSR count). The molecule has 2 aromatic heterocycles. The highest BCUT2D eigenvalue weighted by Crippen LogP contribution is 2.49. The molecule has 1 aliphatic carbocycles. The summed E-state index contributed by atoms with van der Waals surface area (Å²) in [5, 5.41) is 7.61. The Morgan fingerprint density at radius 1 is 1.42 bits per heavy atom. The minimum atomic E-state index is -0.508. The van der Waals surface area contributed by atoms with Crippen molar-refractivity contribution in [3.8, 4) is 0 Å². The Bertz CT molecular complexity index is 803. The van der Waals surface area contributed by atoms with Gasteiger partial charge in [-0.1, -0.05) is 6.07 Å². The molecule has 1 saturated carbocycles. The van der Waals surface area contributed by atoms with Crippen molar-refractivity contribution in [2.45, 2.75) is 31.3 Å². The lowest BCUT2D eigenvalue weighted by Gasteiger charge is -2.25. The summed E-state index contributed by atoms with van der Waals surface area (Å²) in [5.74, 6) is 2.30. The fourth-order valence-electron chi connectivity index (χ4n) is 4.11. The molecule has 2 aliphatic rings. The molecule has 0 spiro atoms. The van der Waals surface area contributed by atoms with E-state index in [1.165, 1.54) is 5.56 Å². The zero-order chi connectivity index (χ0) is 17.1. The third kappa shape index (κ3) is 2.35. The van der Waals surface area contributed by atoms with E-state index in [0.717, 1.165) is 29.5 Å². The molecular weight excluding hydrogens is 320 g/mol. The molecule has 5 nitrogen and oxygen atoms in total. The van der Waals surface area contributed by atoms with Gasteiger partial charge in [0.2, 0.25) is 5.91 Å². The molecule has 2 fully saturated rings. The monoisotopic (exact) mass is 344 g/mol. The summed E-state index contributed by atoms with van der Waals surface area (Å²) in [5.41, 5.74) is 1.83. The van der Waals surface area contributed by atoms with Gasteiger partial charge in [-0.25, -0.2) is 4.98 Å². The van der Waals surface area contributed by atoms with Crippen LogP contribution in [0.5, 0.6) is 0 Å². The lowest BCUT2D eigenvalue weighted by Crippen LogP contribution is -2.44. The van der Waals surface area contributed by atoms with Gasteiger partial charge < -0.3 is 15.0 Å². The van der Waals surface area contributed by atoms with Crippen molar-refractivity contribution in [2.24, 2.45) is 17.8 Å². The van der Waals surface area contributed by atoms with Crippen LogP contribution >= 0.6 is 11.8 Å². The third-order valence-corrected chi connectivity index (χ3v) is 6.09. The number of amides is 1. The predicted octanol–water partition coefficient (Wildman–Crippen LogP) is 2.18. The standard InChI is InChI=1S/C18H24N4OS/c1-10-6-5-7-22-14(10)16(24-4)20-17(22)18(2,3)21-15(23)13-11-8-19-9-12(11)13/h5-7,11-13,19H,8-9H2,1-4H3,(H,21,23)/t11-,12+,13?. The number of thioether (sulfide) groups is 1. The number of aromatic nitrogens is 2. The number of carbonyl (C=O) groups is 1. The van der Waals surface area contributed by atoms with Crippen LogP contribution in [0.25, 0.3) is 5.52 Å². The number of carbonyl (C=O) groups excluding carboxylic acids is 1. The number of hydrogen-bond donors (Lipinski definition) is 2. The number of pyridine rings is 1. The van der Waals surface area contributed by atoms with Crippen LogP contribution in [0, 0.1) is 24.7 Å². The maximum absolute atomic E-state index is 12.7. The highest BCUT2D eigenvalue weighted by molar-refractivity contribution is 7.98. The van der Waals surface area contributed by atoms with E-state index in [9.17, 15) is 4.79 Å². The average molecular weight is 344 g/mol. The molecule has 1 unspecified atom stereocenters. The molecule has 1 aliphatic heterocycles. The number of piperidine rings is 1. The van der Waals surface area contributed by atoms with Crippen molar-refractivity contribution in [3.63, 3.8) is 0 Å². The maximum Gasteiger partial charge on any atom is 0.224 e. The normalized spacial score (nSPS) is 25.8. The zero-order valence-corrected chi connectivity index (χ0v) is 15.4. The van der Waals surface area contributed by atoms with Gasteiger partial charge in [0.15, 0.2) is 0 Å². The van der Waals surface area contributed by atoms with Crippen molar-refractivity contribution >= 4 is 23.2 Å². The fraction of sp³-hybridized carbons (Fsp3) is 0.556. The number of hydrogen-bond acceptors (Lipinski definition) is 4. The Labute approximate surface area is 146 Å². The summed E-state index contributed by atoms with van der Waals surface area (Å²) in [6.07, 6.45) is 4.08. The van der Waals surface area contributed by atoms with Crippen LogP contribution in [-0.2, 0) is 10.3 Å². The summed E-state index contributed by atoms with van der Waals surface area (Å²) < 4.78 is 2.12. The fourth-order valence-corrected chi connectivity index (χ4v) is 4.74. The molecule has 1 saturated heterocycles. The second-order valence-corrected chi connectivity index (χ2v) is 8.28. The number of rotatable bonds is 4. The number of fused-ring (bicyclic) bond motifs is 2. The predicted molar refractivity (Wildman–Crippen MR) is 96.2 cm³/mol. The quantitative estimate of drug-likeness (QED) is 0.835. The first kappa shape index (κ1) is 16.0. The third-order valence-electron chi connectivity index (χ3n) is 5.42. The van der Waals surface area contributed by atoms with Crippen LogP contribution in [0.2, 0.25) is 0 Å². The van der Waals surface area contributed by atoms with Crippen LogP contribution < -0.4 is 10.6 Å². The second-order valence-electron chi connectivity index (χ2n) is 7.48. The van der Waals surface area contributed by atoms with E-state index >= 15 is 0 Å². The molecule has 3 atom stereocenters. The van der Waals surface area contributed by atoms with Gasteiger partial charge in [0, 0.05) is 12.1 Å². The van der Waals surface area contributed by atoms with Gasteiger partial charge in [-0.05, 0) is 63.6 Å². The van der Waals surface area contributed by atoms with Crippen LogP contribution in [0.3, 0.4) is 0 Å². The lowest BCUT2D eigenvalue weighted by molar-refractivity contribution is -0.124. The average Bonchev–Trinajstić information content (AvgIpc) is 2.88. The first-order valence-electron chi connectivity index (χ1n) is 8.49. The second kappa shape index (κ2) is 5.49. The Balaban J connectivity index is 1.65. The first-order valence-corrected chi connectivity index (χ1v) is 9.71. The van der Waals surface area contributed by atoms with Gasteiger partial charge in [-0.3, -0.25) is 4.79 Å². The van der Waals surface area contributed by atoms with Crippen molar-refractivity contribution in [1.82, 2.24) is 20.0 Å². The molecule has 0 aromatic carbocycles. The molecule has 0 radical (unpaired) electrons. The maximum atomic E-state index is 12.7. The van der Waals surface area contributed by atoms with Crippen molar-refractivity contribution < 1.29 is 4.79 Å². The van der Waals surface area contributed by atoms with E-state index in [2.05, 4.69) is 28.0 Å². The van der Waals surface area contributed by atoms with Crippen LogP contribution in [0.1, 0.15) is 25.2 Å². The number of aryl methyl sites for hydroxylation is 1. The SMILES string of the molecule is CSc1nc(C(C)(C)NC(=O)C2[C@H]3CNC[C@@H]23)n2cccc(C)c12. The van der Waals surface area contributed by atoms with Gasteiger partial charge in [-0.2, -0.15) is 0 Å². The van der Waals surface area contributed by atoms with E-state index < -0.39 is 5.54 Å². The van der Waals surface area contributed by atoms with Gasteiger partial charge in [-0.15, -0.1) is 11.8 Å². The minimum Gasteiger partial charge on any atom is -0.344 e. The molecular formula is C18H24N4OS. The largest absolute Gasteiger partial charge is 0.344 e. The van der Waals surface area contributed by atoms with Crippen molar-refractivity contribution in [2.75, 3.05) is 19.3 Å². The number of nitrogens with zero attached hydrogens (tertiary/aromatic N) is 2. The summed E-state index contributed by atoms with van der Waals surface area (Å²) in [6.45, 7) is 8.14. The lowest BCUT2D eigenvalue weighted by atomic mass is 10.0. The van der Waals surface area contributed by atoms with E-state index in [1.807, 2.05) is 32.4 Å². The molecule has 3 heterocycles. The summed E-state index contributed by atoms with van der Waals surface area (Å²) in [4.78, 5) is 17.6. The molecule has 24 heavy (non-hydrogen) atoms. The van der Waals surface area contributed by atoms with Gasteiger partial charge in [0.1, 0.15) is 10.9 Å². The first-order chi connectivity index (χ1) is 11.4.